The summed E-state index contributed by atoms with van der Waals surface area (Å²) in [5.74, 6) is 0.0237. The van der Waals surface area contributed by atoms with Crippen molar-refractivity contribution in [3.63, 3.8) is 0 Å². The van der Waals surface area contributed by atoms with Crippen LogP contribution >= 0.6 is 11.8 Å². The zero-order chi connectivity index (χ0) is 16.8. The zero-order valence-electron chi connectivity index (χ0n) is 13.9. The number of carbonyl (C=O) groups is 2. The standard InChI is InChI=1S/C17H25NO3S/c1-6-13(18-16(20)21-17(2,3)4)11-15(19)12-7-9-14(22-5)10-8-12/h7-10,13H,6,11H2,1-5H3,(H,18,20). The predicted molar refractivity (Wildman–Crippen MR) is 90.6 cm³/mol. The second-order valence-electron chi connectivity index (χ2n) is 6.11. The van der Waals surface area contributed by atoms with Gasteiger partial charge >= 0.3 is 6.09 Å². The Labute approximate surface area is 137 Å². The first-order valence-electron chi connectivity index (χ1n) is 7.42. The molecule has 0 radical (unpaired) electrons. The van der Waals surface area contributed by atoms with Gasteiger partial charge in [0.25, 0.3) is 0 Å². The smallest absolute Gasteiger partial charge is 0.407 e. The molecule has 0 saturated carbocycles. The summed E-state index contributed by atoms with van der Waals surface area (Å²) in [6, 6.07) is 7.30. The maximum absolute atomic E-state index is 12.3. The van der Waals surface area contributed by atoms with Gasteiger partial charge in [0.05, 0.1) is 0 Å². The Bertz CT molecular complexity index is 506. The maximum atomic E-state index is 12.3. The highest BCUT2D eigenvalue weighted by molar-refractivity contribution is 7.98. The summed E-state index contributed by atoms with van der Waals surface area (Å²) in [6.07, 6.45) is 2.46. The van der Waals surface area contributed by atoms with E-state index in [4.69, 9.17) is 4.74 Å². The Kier molecular flexibility index (Phi) is 6.94. The molecule has 0 bridgehead atoms. The van der Waals surface area contributed by atoms with Crippen molar-refractivity contribution in [2.24, 2.45) is 0 Å². The highest BCUT2D eigenvalue weighted by Crippen LogP contribution is 2.16. The number of Topliss-reactive ketones (excluding diaryl/α,β-unsaturated/α-hetero) is 1. The molecular formula is C17H25NO3S. The van der Waals surface area contributed by atoms with Crippen LogP contribution < -0.4 is 5.32 Å². The number of hydrogen-bond donors (Lipinski definition) is 1. The lowest BCUT2D eigenvalue weighted by Gasteiger charge is -2.22. The van der Waals surface area contributed by atoms with Crippen LogP contribution in [0.4, 0.5) is 4.79 Å². The number of carbonyl (C=O) groups excluding carboxylic acids is 2. The molecule has 0 aliphatic rings. The summed E-state index contributed by atoms with van der Waals surface area (Å²) in [5.41, 5.74) is 0.127. The third-order valence-corrected chi connectivity index (χ3v) is 3.80. The van der Waals surface area contributed by atoms with Crippen molar-refractivity contribution >= 4 is 23.6 Å². The fourth-order valence-corrected chi connectivity index (χ4v) is 2.30. The van der Waals surface area contributed by atoms with Gasteiger partial charge in [-0.05, 0) is 45.6 Å². The van der Waals surface area contributed by atoms with Crippen LogP contribution in [0.1, 0.15) is 50.9 Å². The van der Waals surface area contributed by atoms with E-state index in [0.29, 0.717) is 12.0 Å². The Morgan fingerprint density at radius 1 is 1.23 bits per heavy atom. The summed E-state index contributed by atoms with van der Waals surface area (Å²) in [7, 11) is 0. The van der Waals surface area contributed by atoms with E-state index in [1.165, 1.54) is 0 Å². The lowest BCUT2D eigenvalue weighted by molar-refractivity contribution is 0.0500. The minimum Gasteiger partial charge on any atom is -0.444 e. The van der Waals surface area contributed by atoms with E-state index in [1.54, 1.807) is 11.8 Å². The number of rotatable bonds is 6. The fraction of sp³-hybridized carbons (Fsp3) is 0.529. The molecule has 1 amide bonds. The van der Waals surface area contributed by atoms with Crippen molar-refractivity contribution < 1.29 is 14.3 Å². The van der Waals surface area contributed by atoms with E-state index in [2.05, 4.69) is 5.32 Å². The molecule has 22 heavy (non-hydrogen) atoms. The molecule has 0 aliphatic carbocycles. The SMILES string of the molecule is CCC(CC(=O)c1ccc(SC)cc1)NC(=O)OC(C)(C)C. The van der Waals surface area contributed by atoms with Gasteiger partial charge in [0, 0.05) is 22.9 Å². The van der Waals surface area contributed by atoms with Crippen LogP contribution in [0, 0.1) is 0 Å². The highest BCUT2D eigenvalue weighted by Gasteiger charge is 2.20. The Morgan fingerprint density at radius 3 is 2.27 bits per heavy atom. The van der Waals surface area contributed by atoms with Crippen LogP contribution in [0.5, 0.6) is 0 Å². The number of hydrogen-bond acceptors (Lipinski definition) is 4. The lowest BCUT2D eigenvalue weighted by atomic mass is 10.0. The topological polar surface area (TPSA) is 55.4 Å². The number of ketones is 1. The first-order valence-corrected chi connectivity index (χ1v) is 8.64. The van der Waals surface area contributed by atoms with Crippen molar-refractivity contribution in [3.8, 4) is 0 Å². The fourth-order valence-electron chi connectivity index (χ4n) is 1.89. The molecule has 4 nitrogen and oxygen atoms in total. The summed E-state index contributed by atoms with van der Waals surface area (Å²) in [5, 5.41) is 2.76. The summed E-state index contributed by atoms with van der Waals surface area (Å²) >= 11 is 1.64. The number of alkyl carbamates (subject to hydrolysis) is 1. The number of amides is 1. The number of nitrogens with one attached hydrogen (secondary N) is 1. The largest absolute Gasteiger partial charge is 0.444 e. The second kappa shape index (κ2) is 8.22. The van der Waals surface area contributed by atoms with Crippen LogP contribution in [-0.2, 0) is 4.74 Å². The highest BCUT2D eigenvalue weighted by atomic mass is 32.2. The maximum Gasteiger partial charge on any atom is 0.407 e. The van der Waals surface area contributed by atoms with E-state index in [1.807, 2.05) is 58.2 Å². The Morgan fingerprint density at radius 2 is 1.82 bits per heavy atom. The summed E-state index contributed by atoms with van der Waals surface area (Å²) < 4.78 is 5.22. The average molecular weight is 323 g/mol. The van der Waals surface area contributed by atoms with Crippen LogP contribution in [0.3, 0.4) is 0 Å². The van der Waals surface area contributed by atoms with Crippen molar-refractivity contribution in [3.05, 3.63) is 29.8 Å². The average Bonchev–Trinajstić information content (AvgIpc) is 2.44. The van der Waals surface area contributed by atoms with Gasteiger partial charge in [-0.2, -0.15) is 0 Å². The second-order valence-corrected chi connectivity index (χ2v) is 6.99. The molecule has 1 rings (SSSR count). The van der Waals surface area contributed by atoms with E-state index < -0.39 is 11.7 Å². The normalized spacial score (nSPS) is 12.6. The van der Waals surface area contributed by atoms with Gasteiger partial charge in [0.15, 0.2) is 5.78 Å². The van der Waals surface area contributed by atoms with Crippen LogP contribution in [0.2, 0.25) is 0 Å². The molecule has 5 heteroatoms. The van der Waals surface area contributed by atoms with Gasteiger partial charge in [0.1, 0.15) is 5.60 Å². The van der Waals surface area contributed by atoms with Gasteiger partial charge in [-0.15, -0.1) is 11.8 Å². The molecule has 1 aromatic rings. The molecular weight excluding hydrogens is 298 g/mol. The van der Waals surface area contributed by atoms with Gasteiger partial charge < -0.3 is 10.1 Å². The van der Waals surface area contributed by atoms with Gasteiger partial charge in [-0.25, -0.2) is 4.79 Å². The first kappa shape index (κ1) is 18.6. The molecule has 0 spiro atoms. The molecule has 1 aromatic carbocycles. The van der Waals surface area contributed by atoms with Crippen molar-refractivity contribution in [1.29, 1.82) is 0 Å². The molecule has 122 valence electrons. The van der Waals surface area contributed by atoms with Gasteiger partial charge in [-0.1, -0.05) is 19.1 Å². The van der Waals surface area contributed by atoms with Gasteiger partial charge in [0.2, 0.25) is 0 Å². The van der Waals surface area contributed by atoms with Crippen molar-refractivity contribution in [1.82, 2.24) is 5.32 Å². The molecule has 0 heterocycles. The molecule has 1 atom stereocenters. The number of ether oxygens (including phenoxy) is 1. The quantitative estimate of drug-likeness (QED) is 0.627. The summed E-state index contributed by atoms with van der Waals surface area (Å²) in [4.78, 5) is 25.2. The third-order valence-electron chi connectivity index (χ3n) is 3.06. The Hall–Kier alpha value is -1.49. The van der Waals surface area contributed by atoms with Crippen LogP contribution in [0.15, 0.2) is 29.2 Å². The Balaban J connectivity index is 2.61. The molecule has 0 aliphatic heterocycles. The van der Waals surface area contributed by atoms with E-state index in [-0.39, 0.29) is 18.2 Å². The first-order chi connectivity index (χ1) is 10.2. The van der Waals surface area contributed by atoms with E-state index in [0.717, 1.165) is 4.90 Å². The van der Waals surface area contributed by atoms with Crippen molar-refractivity contribution in [2.75, 3.05) is 6.26 Å². The molecule has 0 aromatic heterocycles. The van der Waals surface area contributed by atoms with E-state index in [9.17, 15) is 9.59 Å². The van der Waals surface area contributed by atoms with E-state index >= 15 is 0 Å². The molecule has 0 saturated heterocycles. The summed E-state index contributed by atoms with van der Waals surface area (Å²) in [6.45, 7) is 7.37. The minimum absolute atomic E-state index is 0.0237. The minimum atomic E-state index is -0.542. The third kappa shape index (κ3) is 6.52. The molecule has 1 unspecified atom stereocenters. The zero-order valence-corrected chi connectivity index (χ0v) is 14.8. The van der Waals surface area contributed by atoms with Crippen molar-refractivity contribution in [2.45, 2.75) is 57.1 Å². The van der Waals surface area contributed by atoms with Gasteiger partial charge in [-0.3, -0.25) is 4.79 Å². The number of thioether (sulfide) groups is 1. The molecule has 0 fully saturated rings. The lowest BCUT2D eigenvalue weighted by Crippen LogP contribution is -2.39. The number of benzene rings is 1. The van der Waals surface area contributed by atoms with Crippen LogP contribution in [0.25, 0.3) is 0 Å². The molecule has 1 N–H and O–H groups in total. The predicted octanol–water partition coefficient (Wildman–Crippen LogP) is 4.28. The van der Waals surface area contributed by atoms with Crippen LogP contribution in [-0.4, -0.2) is 29.8 Å². The monoisotopic (exact) mass is 323 g/mol.